The van der Waals surface area contributed by atoms with Gasteiger partial charge >= 0.3 is 5.97 Å². The number of aromatic nitrogens is 1. The number of rotatable bonds is 9. The summed E-state index contributed by atoms with van der Waals surface area (Å²) in [6, 6.07) is 3.80. The van der Waals surface area contributed by atoms with E-state index in [1.165, 1.54) is 24.3 Å². The molecule has 186 valence electrons. The number of esters is 1. The highest BCUT2D eigenvalue weighted by Gasteiger charge is 2.29. The van der Waals surface area contributed by atoms with Gasteiger partial charge in [0.25, 0.3) is 5.70 Å². The van der Waals surface area contributed by atoms with Gasteiger partial charge in [0.1, 0.15) is 5.76 Å². The molecule has 2 aromatic rings. The Morgan fingerprint density at radius 3 is 2.51 bits per heavy atom. The van der Waals surface area contributed by atoms with E-state index in [0.717, 1.165) is 28.9 Å². The molecule has 0 radical (unpaired) electrons. The number of allylic oxidation sites excluding steroid dienone is 3. The number of methoxy groups -OCH3 is 2. The van der Waals surface area contributed by atoms with Gasteiger partial charge in [0.15, 0.2) is 11.5 Å². The molecular weight excluding hydrogens is 452 g/mol. The van der Waals surface area contributed by atoms with E-state index in [0.29, 0.717) is 29.2 Å². The van der Waals surface area contributed by atoms with Crippen molar-refractivity contribution >= 4 is 12.0 Å². The second kappa shape index (κ2) is 10.9. The average Bonchev–Trinajstić information content (AvgIpc) is 3.10. The Labute approximate surface area is 204 Å². The number of aliphatic hydroxyl groups is 1. The number of nitrogens with zero attached hydrogens (tertiary/aromatic N) is 2. The summed E-state index contributed by atoms with van der Waals surface area (Å²) in [7, 11) is 3.13. The molecule has 9 heteroatoms. The predicted molar refractivity (Wildman–Crippen MR) is 132 cm³/mol. The molecule has 0 saturated heterocycles. The van der Waals surface area contributed by atoms with Crippen molar-refractivity contribution in [2.75, 3.05) is 20.8 Å². The van der Waals surface area contributed by atoms with Crippen molar-refractivity contribution < 1.29 is 29.0 Å². The molecule has 1 aromatic heterocycles. The van der Waals surface area contributed by atoms with Crippen LogP contribution in [0.3, 0.4) is 0 Å². The standard InChI is InChI=1S/C26H30N2O7/c1-6-19(29)9-8-18(28(31)32)13-20-16(3)27-11-10-17-12-23(33-4)24(34-5)14-21(17)26(27)22(20)15-25(30)35-7-2/h6,8-9,12-14,29H,7,10-11,15H2,1-5H3/b9-8-,18-13-,19-6+. The Balaban J connectivity index is 2.29. The van der Waals surface area contributed by atoms with Crippen molar-refractivity contribution in [3.8, 4) is 22.8 Å². The number of fused-ring (bicyclic) bond motifs is 3. The number of ether oxygens (including phenoxy) is 3. The normalized spacial score (nSPS) is 13.4. The van der Waals surface area contributed by atoms with Gasteiger partial charge in [-0.05, 0) is 62.6 Å². The molecule has 1 aliphatic heterocycles. The van der Waals surface area contributed by atoms with Crippen LogP contribution in [0.4, 0.5) is 0 Å². The minimum absolute atomic E-state index is 0.0501. The third-order valence-electron chi connectivity index (χ3n) is 5.99. The van der Waals surface area contributed by atoms with Crippen LogP contribution in [0.2, 0.25) is 0 Å². The van der Waals surface area contributed by atoms with Gasteiger partial charge in [-0.1, -0.05) is 0 Å². The fourth-order valence-corrected chi connectivity index (χ4v) is 4.29. The molecule has 9 nitrogen and oxygen atoms in total. The number of carbonyl (C=O) groups is 1. The van der Waals surface area contributed by atoms with E-state index in [-0.39, 0.29) is 24.5 Å². The van der Waals surface area contributed by atoms with Crippen LogP contribution >= 0.6 is 0 Å². The van der Waals surface area contributed by atoms with Crippen molar-refractivity contribution in [2.24, 2.45) is 0 Å². The van der Waals surface area contributed by atoms with Crippen molar-refractivity contribution in [3.05, 3.63) is 74.3 Å². The molecule has 0 aliphatic carbocycles. The summed E-state index contributed by atoms with van der Waals surface area (Å²) < 4.78 is 18.3. The van der Waals surface area contributed by atoms with Crippen molar-refractivity contribution in [2.45, 2.75) is 40.2 Å². The van der Waals surface area contributed by atoms with Crippen molar-refractivity contribution in [1.82, 2.24) is 4.57 Å². The highest BCUT2D eigenvalue weighted by molar-refractivity contribution is 5.84. The molecule has 35 heavy (non-hydrogen) atoms. The molecule has 0 unspecified atom stereocenters. The van der Waals surface area contributed by atoms with Crippen LogP contribution < -0.4 is 9.47 Å². The van der Waals surface area contributed by atoms with Gasteiger partial charge in [0.2, 0.25) is 0 Å². The van der Waals surface area contributed by atoms with Gasteiger partial charge in [0.05, 0.1) is 37.9 Å². The van der Waals surface area contributed by atoms with Crippen LogP contribution in [0.15, 0.2) is 41.8 Å². The zero-order valence-corrected chi connectivity index (χ0v) is 20.6. The lowest BCUT2D eigenvalue weighted by molar-refractivity contribution is -0.417. The second-order valence-corrected chi connectivity index (χ2v) is 7.95. The number of hydrogen-bond donors (Lipinski definition) is 1. The van der Waals surface area contributed by atoms with E-state index in [9.17, 15) is 20.0 Å². The largest absolute Gasteiger partial charge is 0.508 e. The topological polar surface area (TPSA) is 113 Å². The third kappa shape index (κ3) is 5.24. The van der Waals surface area contributed by atoms with Crippen LogP contribution in [0.5, 0.6) is 11.5 Å². The van der Waals surface area contributed by atoms with Gasteiger partial charge in [-0.25, -0.2) is 0 Å². The highest BCUT2D eigenvalue weighted by atomic mass is 16.6. The number of nitro groups is 1. The first-order valence-corrected chi connectivity index (χ1v) is 11.3. The molecule has 0 amide bonds. The summed E-state index contributed by atoms with van der Waals surface area (Å²) in [5.41, 5.74) is 4.49. The lowest BCUT2D eigenvalue weighted by Gasteiger charge is -2.23. The van der Waals surface area contributed by atoms with Gasteiger partial charge in [-0.3, -0.25) is 14.9 Å². The van der Waals surface area contributed by atoms with E-state index in [1.54, 1.807) is 28.1 Å². The van der Waals surface area contributed by atoms with E-state index in [1.807, 2.05) is 19.1 Å². The van der Waals surface area contributed by atoms with Crippen LogP contribution in [0, 0.1) is 17.0 Å². The Kier molecular flexibility index (Phi) is 8.01. The maximum absolute atomic E-state index is 12.6. The van der Waals surface area contributed by atoms with Crippen LogP contribution in [-0.4, -0.2) is 41.4 Å². The SMILES string of the molecule is C\C=C(O)/C=C\C(=C\c1c(CC(=O)OCC)c2n(c1C)CCc1cc(OC)c(OC)cc1-2)[N+](=O)[O-]. The summed E-state index contributed by atoms with van der Waals surface area (Å²) in [6.45, 7) is 6.09. The minimum Gasteiger partial charge on any atom is -0.508 e. The highest BCUT2D eigenvalue weighted by Crippen LogP contribution is 2.43. The van der Waals surface area contributed by atoms with E-state index in [4.69, 9.17) is 14.2 Å². The monoisotopic (exact) mass is 482 g/mol. The van der Waals surface area contributed by atoms with Crippen LogP contribution in [0.1, 0.15) is 36.2 Å². The first-order chi connectivity index (χ1) is 16.7. The van der Waals surface area contributed by atoms with Crippen molar-refractivity contribution in [1.29, 1.82) is 0 Å². The summed E-state index contributed by atoms with van der Waals surface area (Å²) in [4.78, 5) is 23.9. The van der Waals surface area contributed by atoms with E-state index in [2.05, 4.69) is 4.57 Å². The molecule has 1 aromatic carbocycles. The maximum Gasteiger partial charge on any atom is 0.310 e. The first kappa shape index (κ1) is 25.6. The van der Waals surface area contributed by atoms with Crippen LogP contribution in [-0.2, 0) is 28.9 Å². The summed E-state index contributed by atoms with van der Waals surface area (Å²) in [5.74, 6) is 0.647. The Bertz CT molecular complexity index is 1240. The predicted octanol–water partition coefficient (Wildman–Crippen LogP) is 4.78. The average molecular weight is 483 g/mol. The zero-order chi connectivity index (χ0) is 25.7. The molecule has 0 fully saturated rings. The molecular formula is C26H30N2O7. The lowest BCUT2D eigenvalue weighted by atomic mass is 9.93. The molecule has 1 N–H and O–H groups in total. The quantitative estimate of drug-likeness (QED) is 0.180. The smallest absolute Gasteiger partial charge is 0.310 e. The van der Waals surface area contributed by atoms with Crippen molar-refractivity contribution in [3.63, 3.8) is 0 Å². The fraction of sp³-hybridized carbons (Fsp3) is 0.346. The lowest BCUT2D eigenvalue weighted by Crippen LogP contribution is -2.14. The summed E-state index contributed by atoms with van der Waals surface area (Å²) in [6.07, 6.45) is 6.04. The van der Waals surface area contributed by atoms with E-state index >= 15 is 0 Å². The Morgan fingerprint density at radius 1 is 1.23 bits per heavy atom. The molecule has 3 rings (SSSR count). The third-order valence-corrected chi connectivity index (χ3v) is 5.99. The molecule has 0 spiro atoms. The molecule has 0 bridgehead atoms. The number of aryl methyl sites for hydroxylation is 1. The maximum atomic E-state index is 12.6. The van der Waals surface area contributed by atoms with Crippen LogP contribution in [0.25, 0.3) is 17.3 Å². The van der Waals surface area contributed by atoms with Gasteiger partial charge in [0, 0.05) is 35.5 Å². The van der Waals surface area contributed by atoms with Gasteiger partial charge in [-0.15, -0.1) is 0 Å². The zero-order valence-electron chi connectivity index (χ0n) is 20.6. The van der Waals surface area contributed by atoms with Gasteiger partial charge in [-0.2, -0.15) is 0 Å². The summed E-state index contributed by atoms with van der Waals surface area (Å²) >= 11 is 0. The molecule has 1 aliphatic rings. The van der Waals surface area contributed by atoms with Gasteiger partial charge < -0.3 is 23.9 Å². The number of carbonyl (C=O) groups excluding carboxylic acids is 1. The fourth-order valence-electron chi connectivity index (χ4n) is 4.29. The molecule has 0 atom stereocenters. The Hall–Kier alpha value is -4.01. The minimum atomic E-state index is -0.522. The second-order valence-electron chi connectivity index (χ2n) is 7.95. The van der Waals surface area contributed by atoms with E-state index < -0.39 is 10.9 Å². The Morgan fingerprint density at radius 2 is 1.91 bits per heavy atom. The molecule has 0 saturated carbocycles. The first-order valence-electron chi connectivity index (χ1n) is 11.3. The summed E-state index contributed by atoms with van der Waals surface area (Å²) in [5, 5.41) is 21.5. The number of benzene rings is 1. The number of hydrogen-bond acceptors (Lipinski definition) is 7. The number of aliphatic hydroxyl groups excluding tert-OH is 1. The molecule has 2 heterocycles.